The van der Waals surface area contributed by atoms with Crippen molar-refractivity contribution in [3.63, 3.8) is 0 Å². The van der Waals surface area contributed by atoms with Crippen LogP contribution in [-0.2, 0) is 38.1 Å². The lowest BCUT2D eigenvalue weighted by Crippen LogP contribution is -2.55. The van der Waals surface area contributed by atoms with Crippen molar-refractivity contribution >= 4 is 41.0 Å². The molecule has 20 atom stereocenters. The van der Waals surface area contributed by atoms with Gasteiger partial charge in [-0.1, -0.05) is 43.9 Å². The first-order chi connectivity index (χ1) is 45.2. The van der Waals surface area contributed by atoms with E-state index in [-0.39, 0.29) is 46.7 Å². The minimum absolute atomic E-state index is 0.0226. The predicted octanol–water partition coefficient (Wildman–Crippen LogP) is -3.72. The predicted molar refractivity (Wildman–Crippen MR) is 323 cm³/mol. The molecule has 5 fully saturated rings. The van der Waals surface area contributed by atoms with Crippen molar-refractivity contribution in [2.75, 3.05) is 33.0 Å². The molecule has 0 aliphatic carbocycles. The lowest BCUT2D eigenvalue weighted by molar-refractivity contribution is -0.210. The van der Waals surface area contributed by atoms with E-state index < -0.39 is 163 Å². The average Bonchev–Trinajstić information content (AvgIpc) is 1.62. The van der Waals surface area contributed by atoms with Crippen LogP contribution in [0, 0.1) is 12.3 Å². The lowest BCUT2D eigenvalue weighted by Gasteiger charge is -2.36. The molecule has 0 aromatic rings. The van der Waals surface area contributed by atoms with Crippen LogP contribution in [0.4, 0.5) is 26.3 Å². The van der Waals surface area contributed by atoms with Crippen molar-refractivity contribution in [2.24, 2.45) is 26.6 Å². The van der Waals surface area contributed by atoms with Gasteiger partial charge in [-0.25, -0.2) is 36.3 Å². The fourth-order valence-corrected chi connectivity index (χ4v) is 10.9. The molecule has 10 aliphatic heterocycles. The molecule has 0 aromatic heterocycles. The standard InChI is InChI=1S/C12H13FN2O5.C11H14ClFN2O4.C11H15F2N3O3.C11H15FN6O3.C11H15FN2O5/c1-3-11(19)9(18)12(13,6-16)20-10(11)15-5-4-8(17)14-7(15)2;1-6-14-7(17)3-4-15(6)9-10(2,12)8(18)11(13,5-16)19-9;1-6-15-7(14)3-4-16(6)9-10(2,12)8(18)11(13,5-17)19-9;1-6-15-7(13)3-4-18(6)9-10(2,16-17-14)8(20)11(12,5-19)21-9;1-6-13-7(16)3-4-14(6)9-10(2,18)8(17)11(12,5-15)19-9/h1,4-5,9-10,16,18-19H,2,6H2,(H,14,17);3-4,8-9,16,18H,1,5H2,2H3,(H,14,17);3-4,8-9,17-18H,1,5H2,2H3,(H2,14,15);3-4,8-9,19-20H,1,5H2,2H3,(H2,13,15);3-4,8-9,15,17-18H,1,5H2,2H3,(H,13,16)/t9-,10+,11+,12+;4*8-,9+,10+,11+/m00000/s1. The van der Waals surface area contributed by atoms with Crippen molar-refractivity contribution in [1.82, 2.24) is 40.4 Å². The summed E-state index contributed by atoms with van der Waals surface area (Å²) in [5.74, 6) is -12.8. The van der Waals surface area contributed by atoms with Gasteiger partial charge in [0, 0.05) is 54.1 Å². The first-order valence-corrected chi connectivity index (χ1v) is 28.6. The number of amidine groups is 2. The average molecular weight is 1420 g/mol. The van der Waals surface area contributed by atoms with Gasteiger partial charge in [-0.3, -0.25) is 14.4 Å². The molecule has 5 saturated heterocycles. The third kappa shape index (κ3) is 14.5. The number of rotatable bonds is 11. The third-order valence-corrected chi connectivity index (χ3v) is 16.6. The number of aliphatic hydroxyl groups excluding tert-OH is 10. The number of carbonyl (C=O) groups excluding carboxylic acids is 3. The van der Waals surface area contributed by atoms with E-state index in [1.165, 1.54) is 77.8 Å². The Morgan fingerprint density at radius 3 is 1.24 bits per heavy atom. The number of terminal acetylenes is 1. The number of aliphatic imine (C=N–C) groups is 2. The molecule has 10 aliphatic rings. The van der Waals surface area contributed by atoms with Crippen LogP contribution in [0.2, 0.25) is 0 Å². The molecule has 0 unspecified atom stereocenters. The maximum Gasteiger partial charge on any atom is 0.264 e. The number of amides is 3. The summed E-state index contributed by atoms with van der Waals surface area (Å²) in [6, 6.07) is 0. The summed E-state index contributed by atoms with van der Waals surface area (Å²) in [6.07, 6.45) is 1.12. The summed E-state index contributed by atoms with van der Waals surface area (Å²) >= 11 is 6.13. The Labute approximate surface area is 557 Å². The number of carbonyl (C=O) groups is 3. The van der Waals surface area contributed by atoms with E-state index in [4.69, 9.17) is 84.2 Å². The fourth-order valence-electron chi connectivity index (χ4n) is 10.6. The van der Waals surface area contributed by atoms with Crippen LogP contribution >= 0.6 is 11.6 Å². The van der Waals surface area contributed by atoms with E-state index in [0.717, 1.165) is 35.8 Å². The fraction of sp³-hybridized carbons (Fsp3) is 0.518. The van der Waals surface area contributed by atoms with E-state index in [2.05, 4.69) is 68.9 Å². The monoisotopic (exact) mass is 1420 g/mol. The Balaban J connectivity index is 0.000000193. The van der Waals surface area contributed by atoms with Crippen molar-refractivity contribution in [2.45, 2.75) is 146 Å². The molecule has 10 rings (SSSR count). The number of ether oxygens (including phenoxy) is 5. The van der Waals surface area contributed by atoms with Gasteiger partial charge in [0.1, 0.15) is 108 Å². The highest BCUT2D eigenvalue weighted by molar-refractivity contribution is 6.25. The number of aliphatic hydroxyl groups is 12. The normalized spacial score (nSPS) is 41.5. The minimum Gasteiger partial charge on any atom is -0.390 e. The Morgan fingerprint density at radius 1 is 0.551 bits per heavy atom. The summed E-state index contributed by atoms with van der Waals surface area (Å²) in [7, 11) is 0. The minimum atomic E-state index is -2.93. The van der Waals surface area contributed by atoms with Crippen LogP contribution in [0.25, 0.3) is 10.4 Å². The number of hydrogen-bond donors (Lipinski definition) is 17. The Morgan fingerprint density at radius 2 is 0.878 bits per heavy atom. The van der Waals surface area contributed by atoms with E-state index in [9.17, 15) is 76.5 Å². The van der Waals surface area contributed by atoms with Crippen LogP contribution in [-0.4, -0.2) is 266 Å². The Bertz CT molecular complexity index is 3420. The van der Waals surface area contributed by atoms with Gasteiger partial charge in [0.2, 0.25) is 5.60 Å². The number of nitrogens with zero attached hydrogens (tertiary/aromatic N) is 10. The van der Waals surface area contributed by atoms with Gasteiger partial charge in [0.05, 0.1) is 0 Å². The molecule has 35 nitrogen and oxygen atoms in total. The summed E-state index contributed by atoms with van der Waals surface area (Å²) in [5, 5.41) is 125. The zero-order valence-corrected chi connectivity index (χ0v) is 52.9. The summed E-state index contributed by atoms with van der Waals surface area (Å²) in [6.45, 7) is 17.0. The lowest BCUT2D eigenvalue weighted by atomic mass is 9.91. The van der Waals surface area contributed by atoms with Crippen molar-refractivity contribution in [1.29, 1.82) is 0 Å². The van der Waals surface area contributed by atoms with E-state index >= 15 is 0 Å². The number of nitrogens with one attached hydrogen (secondary N) is 3. The van der Waals surface area contributed by atoms with Gasteiger partial charge in [-0.2, -0.15) is 0 Å². The molecule has 42 heteroatoms. The SMILES string of the molecule is C#C[C@]1(O)[C@H](N2C=CC(=O)NC2=C)O[C@](F)(CO)[C@H]1O.C=C1N=C(N)C=CN1[C@@H]1O[C@](F)(CO)[C@@H](O)[C@@]1(C)F.C=C1N=C(N)C=CN1[C@@H]1O[C@](F)(CO)[C@@H](O)[C@@]1(C)N=[N+]=[N-].C=C1NC(=O)C=CN1[C@@H]1O[C@](F)(CO)[C@@H](O)[C@@]1(C)Cl.C=C1NC(=O)C=CN1[C@@H]1O[C@](F)(CO)[C@@H](O)[C@@]1(C)O. The number of alkyl halides is 7. The van der Waals surface area contributed by atoms with Gasteiger partial charge in [-0.15, -0.1) is 18.0 Å². The van der Waals surface area contributed by atoms with Crippen LogP contribution in [0.15, 0.2) is 138 Å². The highest BCUT2D eigenvalue weighted by Gasteiger charge is 2.69. The molecule has 0 saturated carbocycles. The molecule has 3 amide bonds. The van der Waals surface area contributed by atoms with Crippen molar-refractivity contribution in [3.8, 4) is 12.3 Å². The van der Waals surface area contributed by atoms with Crippen LogP contribution < -0.4 is 27.4 Å². The zero-order chi connectivity index (χ0) is 74.2. The van der Waals surface area contributed by atoms with Gasteiger partial charge >= 0.3 is 0 Å². The molecule has 540 valence electrons. The molecule has 98 heavy (non-hydrogen) atoms. The van der Waals surface area contributed by atoms with E-state index in [1.54, 1.807) is 0 Å². The van der Waals surface area contributed by atoms with Gasteiger partial charge < -0.3 is 137 Å². The maximum absolute atomic E-state index is 14.5. The largest absolute Gasteiger partial charge is 0.390 e. The molecular formula is C56H72ClF6N15O20. The molecule has 0 spiro atoms. The van der Waals surface area contributed by atoms with Crippen LogP contribution in [0.1, 0.15) is 27.7 Å². The maximum atomic E-state index is 14.5. The molecule has 19 N–H and O–H groups in total. The number of nitrogens with two attached hydrogens (primary N) is 2. The Kier molecular flexibility index (Phi) is 23.0. The zero-order valence-electron chi connectivity index (χ0n) is 52.1. The number of azide groups is 1. The molecule has 10 heterocycles. The first kappa shape index (κ1) is 78.8. The Hall–Kier alpha value is -8.19. The van der Waals surface area contributed by atoms with Gasteiger partial charge in [-0.05, 0) is 45.4 Å². The van der Waals surface area contributed by atoms with Crippen molar-refractivity contribution in [3.05, 3.63) is 134 Å². The summed E-state index contributed by atoms with van der Waals surface area (Å²) in [5.41, 5.74) is 11.0. The second-order valence-corrected chi connectivity index (χ2v) is 24.1. The third-order valence-electron chi connectivity index (χ3n) is 16.2. The summed E-state index contributed by atoms with van der Waals surface area (Å²) < 4.78 is 110. The highest BCUT2D eigenvalue weighted by Crippen LogP contribution is 2.49. The molecule has 0 aromatic carbocycles. The number of hydrogen-bond acceptors (Lipinski definition) is 30. The van der Waals surface area contributed by atoms with Gasteiger partial charge in [0.15, 0.2) is 49.0 Å². The molecule has 0 radical (unpaired) electrons. The smallest absolute Gasteiger partial charge is 0.264 e. The topological polar surface area (TPSA) is 518 Å². The van der Waals surface area contributed by atoms with Crippen molar-refractivity contribution < 1.29 is 126 Å². The second-order valence-electron chi connectivity index (χ2n) is 23.3. The quantitative estimate of drug-likeness (QED) is 0.0236. The van der Waals surface area contributed by atoms with Gasteiger partial charge in [0.25, 0.3) is 47.0 Å². The molecular weight excluding hydrogens is 1350 g/mol. The summed E-state index contributed by atoms with van der Waals surface area (Å²) in [4.78, 5) is 48.0. The molecule has 0 bridgehead atoms. The van der Waals surface area contributed by atoms with Crippen LogP contribution in [0.5, 0.6) is 0 Å². The first-order valence-electron chi connectivity index (χ1n) is 28.3. The number of halogens is 7. The van der Waals surface area contributed by atoms with Crippen LogP contribution in [0.3, 0.4) is 0 Å². The van der Waals surface area contributed by atoms with E-state index in [0.29, 0.717) is 0 Å². The highest BCUT2D eigenvalue weighted by atomic mass is 35.5. The van der Waals surface area contributed by atoms with E-state index in [1.807, 2.05) is 5.92 Å². The second kappa shape index (κ2) is 28.6.